The van der Waals surface area contributed by atoms with Gasteiger partial charge < -0.3 is 0 Å². The molecule has 4 nitrogen and oxygen atoms in total. The Morgan fingerprint density at radius 2 is 2.25 bits per heavy atom. The van der Waals surface area contributed by atoms with E-state index in [1.165, 1.54) is 29.5 Å². The third-order valence-corrected chi connectivity index (χ3v) is 1.37. The maximum absolute atomic E-state index is 12.4. The highest BCUT2D eigenvalue weighted by molar-refractivity contribution is 5.19. The lowest BCUT2D eigenvalue weighted by molar-refractivity contribution is 0.619. The number of rotatable bonds is 1. The lowest BCUT2D eigenvalue weighted by Crippen LogP contribution is -1.97. The molecule has 0 aliphatic rings. The first kappa shape index (κ1) is 6.90. The van der Waals surface area contributed by atoms with Crippen LogP contribution in [0.15, 0.2) is 31.0 Å². The molecule has 2 aromatic rings. The van der Waals surface area contributed by atoms with Crippen molar-refractivity contribution in [1.82, 2.24) is 19.7 Å². The van der Waals surface area contributed by atoms with Gasteiger partial charge in [-0.05, 0) is 12.1 Å². The monoisotopic (exact) mass is 164 g/mol. The zero-order valence-electron chi connectivity index (χ0n) is 6.05. The number of aromatic nitrogens is 4. The molecule has 0 aliphatic carbocycles. The first-order valence-electron chi connectivity index (χ1n) is 3.33. The van der Waals surface area contributed by atoms with Gasteiger partial charge in [0.25, 0.3) is 0 Å². The highest BCUT2D eigenvalue weighted by Crippen LogP contribution is 2.01. The molecule has 60 valence electrons. The van der Waals surface area contributed by atoms with Gasteiger partial charge in [-0.2, -0.15) is 5.10 Å². The molecule has 0 saturated heterocycles. The average molecular weight is 164 g/mol. The summed E-state index contributed by atoms with van der Waals surface area (Å²) in [5.74, 6) is 0.188. The van der Waals surface area contributed by atoms with E-state index in [1.54, 1.807) is 0 Å². The van der Waals surface area contributed by atoms with Gasteiger partial charge in [0.15, 0.2) is 5.82 Å². The standard InChI is InChI=1S/C7H5FN4/c8-6-1-2-7(10-3-6)12-5-9-4-11-12/h1-5H. The molecule has 12 heavy (non-hydrogen) atoms. The summed E-state index contributed by atoms with van der Waals surface area (Å²) in [4.78, 5) is 7.55. The van der Waals surface area contributed by atoms with Crippen LogP contribution in [0.25, 0.3) is 5.82 Å². The number of halogens is 1. The van der Waals surface area contributed by atoms with Crippen LogP contribution in [-0.2, 0) is 0 Å². The molecule has 0 saturated carbocycles. The van der Waals surface area contributed by atoms with Crippen LogP contribution in [0, 0.1) is 5.82 Å². The van der Waals surface area contributed by atoms with Gasteiger partial charge in [0.05, 0.1) is 6.20 Å². The van der Waals surface area contributed by atoms with Crippen molar-refractivity contribution in [2.45, 2.75) is 0 Å². The summed E-state index contributed by atoms with van der Waals surface area (Å²) in [6, 6.07) is 2.86. The van der Waals surface area contributed by atoms with Gasteiger partial charge in [-0.15, -0.1) is 0 Å². The fourth-order valence-corrected chi connectivity index (χ4v) is 0.830. The van der Waals surface area contributed by atoms with Crippen LogP contribution in [0.1, 0.15) is 0 Å². The fourth-order valence-electron chi connectivity index (χ4n) is 0.830. The Labute approximate surface area is 67.7 Å². The van der Waals surface area contributed by atoms with Gasteiger partial charge in [0.1, 0.15) is 18.5 Å². The summed E-state index contributed by atoms with van der Waals surface area (Å²) in [6.07, 6.45) is 4.03. The molecule has 0 bridgehead atoms. The second kappa shape index (κ2) is 2.69. The van der Waals surface area contributed by atoms with Crippen LogP contribution in [0.3, 0.4) is 0 Å². The molecule has 0 radical (unpaired) electrons. The molecule has 0 aromatic carbocycles. The minimum Gasteiger partial charge on any atom is -0.234 e. The molecular weight excluding hydrogens is 159 g/mol. The molecule has 0 N–H and O–H groups in total. The minimum absolute atomic E-state index is 0.362. The van der Waals surface area contributed by atoms with Crippen LogP contribution in [-0.4, -0.2) is 19.7 Å². The highest BCUT2D eigenvalue weighted by atomic mass is 19.1. The van der Waals surface area contributed by atoms with Crippen molar-refractivity contribution in [3.05, 3.63) is 36.8 Å². The van der Waals surface area contributed by atoms with E-state index >= 15 is 0 Å². The van der Waals surface area contributed by atoms with Crippen LogP contribution < -0.4 is 0 Å². The van der Waals surface area contributed by atoms with Gasteiger partial charge in [0.2, 0.25) is 0 Å². The van der Waals surface area contributed by atoms with Crippen molar-refractivity contribution in [1.29, 1.82) is 0 Å². The van der Waals surface area contributed by atoms with Gasteiger partial charge in [0, 0.05) is 0 Å². The Kier molecular flexibility index (Phi) is 1.55. The van der Waals surface area contributed by atoms with E-state index in [9.17, 15) is 4.39 Å². The maximum Gasteiger partial charge on any atom is 0.155 e. The molecular formula is C7H5FN4. The van der Waals surface area contributed by atoms with Crippen molar-refractivity contribution in [3.8, 4) is 5.82 Å². The van der Waals surface area contributed by atoms with Gasteiger partial charge in [-0.3, -0.25) is 0 Å². The number of nitrogens with zero attached hydrogens (tertiary/aromatic N) is 4. The Morgan fingerprint density at radius 1 is 1.33 bits per heavy atom. The molecule has 5 heteroatoms. The van der Waals surface area contributed by atoms with E-state index in [2.05, 4.69) is 15.1 Å². The molecule has 0 aliphatic heterocycles. The predicted molar refractivity (Wildman–Crippen MR) is 39.1 cm³/mol. The summed E-state index contributed by atoms with van der Waals surface area (Å²) in [7, 11) is 0. The van der Waals surface area contributed by atoms with Crippen molar-refractivity contribution in [2.75, 3.05) is 0 Å². The SMILES string of the molecule is Fc1ccc(-n2cncn2)nc1. The van der Waals surface area contributed by atoms with E-state index in [4.69, 9.17) is 0 Å². The van der Waals surface area contributed by atoms with Crippen LogP contribution in [0.4, 0.5) is 4.39 Å². The van der Waals surface area contributed by atoms with Crippen LogP contribution in [0.5, 0.6) is 0 Å². The molecule has 0 amide bonds. The smallest absolute Gasteiger partial charge is 0.155 e. The number of hydrogen-bond donors (Lipinski definition) is 0. The van der Waals surface area contributed by atoms with Gasteiger partial charge in [-0.1, -0.05) is 0 Å². The quantitative estimate of drug-likeness (QED) is 0.626. The zero-order chi connectivity index (χ0) is 8.39. The van der Waals surface area contributed by atoms with Crippen molar-refractivity contribution in [2.24, 2.45) is 0 Å². The highest BCUT2D eigenvalue weighted by Gasteiger charge is 1.96. The fraction of sp³-hybridized carbons (Fsp3) is 0. The molecule has 0 spiro atoms. The lowest BCUT2D eigenvalue weighted by atomic mass is 10.4. The van der Waals surface area contributed by atoms with Crippen molar-refractivity contribution < 1.29 is 4.39 Å². The average Bonchev–Trinajstić information content (AvgIpc) is 2.58. The van der Waals surface area contributed by atoms with E-state index in [-0.39, 0.29) is 5.82 Å². The Bertz CT molecular complexity index is 353. The normalized spacial score (nSPS) is 10.1. The van der Waals surface area contributed by atoms with Gasteiger partial charge in [-0.25, -0.2) is 19.0 Å². The zero-order valence-corrected chi connectivity index (χ0v) is 6.05. The Hall–Kier alpha value is -1.78. The molecule has 0 fully saturated rings. The Balaban J connectivity index is 2.43. The summed E-state index contributed by atoms with van der Waals surface area (Å²) < 4.78 is 13.9. The van der Waals surface area contributed by atoms with E-state index in [0.717, 1.165) is 6.20 Å². The van der Waals surface area contributed by atoms with E-state index in [1.807, 2.05) is 0 Å². The molecule has 0 unspecified atom stereocenters. The topological polar surface area (TPSA) is 43.6 Å². The summed E-state index contributed by atoms with van der Waals surface area (Å²) in [5.41, 5.74) is 0. The number of hydrogen-bond acceptors (Lipinski definition) is 3. The maximum atomic E-state index is 12.4. The minimum atomic E-state index is -0.362. The third-order valence-electron chi connectivity index (χ3n) is 1.37. The van der Waals surface area contributed by atoms with Gasteiger partial charge >= 0.3 is 0 Å². The summed E-state index contributed by atoms with van der Waals surface area (Å²) in [6.45, 7) is 0. The second-order valence-electron chi connectivity index (χ2n) is 2.17. The molecule has 2 heterocycles. The van der Waals surface area contributed by atoms with Crippen molar-refractivity contribution >= 4 is 0 Å². The lowest BCUT2D eigenvalue weighted by Gasteiger charge is -1.96. The molecule has 2 rings (SSSR count). The molecule has 0 atom stereocenters. The first-order chi connectivity index (χ1) is 5.86. The third kappa shape index (κ3) is 1.16. The largest absolute Gasteiger partial charge is 0.234 e. The Morgan fingerprint density at radius 3 is 2.83 bits per heavy atom. The van der Waals surface area contributed by atoms with E-state index < -0.39 is 0 Å². The second-order valence-corrected chi connectivity index (χ2v) is 2.17. The van der Waals surface area contributed by atoms with Crippen LogP contribution in [0.2, 0.25) is 0 Å². The molecule has 2 aromatic heterocycles. The van der Waals surface area contributed by atoms with Crippen molar-refractivity contribution in [3.63, 3.8) is 0 Å². The summed E-state index contributed by atoms with van der Waals surface area (Å²) >= 11 is 0. The number of pyridine rings is 1. The van der Waals surface area contributed by atoms with E-state index in [0.29, 0.717) is 5.82 Å². The predicted octanol–water partition coefficient (Wildman–Crippen LogP) is 0.801. The van der Waals surface area contributed by atoms with Crippen LogP contribution >= 0.6 is 0 Å². The first-order valence-corrected chi connectivity index (χ1v) is 3.33. The summed E-state index contributed by atoms with van der Waals surface area (Å²) in [5, 5.41) is 3.84.